The van der Waals surface area contributed by atoms with Crippen molar-refractivity contribution in [2.75, 3.05) is 18.9 Å². The number of thioether (sulfide) groups is 1. The van der Waals surface area contributed by atoms with Crippen LogP contribution in [0, 0.1) is 0 Å². The Hall–Kier alpha value is -1.38. The Morgan fingerprint density at radius 1 is 1.57 bits per heavy atom. The van der Waals surface area contributed by atoms with Crippen LogP contribution in [-0.4, -0.2) is 45.7 Å². The molecule has 8 heteroatoms. The van der Waals surface area contributed by atoms with E-state index in [-0.39, 0.29) is 12.0 Å². The van der Waals surface area contributed by atoms with Gasteiger partial charge in [0.15, 0.2) is 11.0 Å². The summed E-state index contributed by atoms with van der Waals surface area (Å²) < 4.78 is 7.55. The molecule has 124 valence electrons. The Balaban J connectivity index is 1.54. The lowest BCUT2D eigenvalue weighted by Gasteiger charge is -2.10. The van der Waals surface area contributed by atoms with E-state index in [9.17, 15) is 4.79 Å². The van der Waals surface area contributed by atoms with Gasteiger partial charge in [-0.05, 0) is 31.2 Å². The van der Waals surface area contributed by atoms with Crippen LogP contribution in [0.4, 0.5) is 0 Å². The third-order valence-corrected chi connectivity index (χ3v) is 5.49. The Bertz CT molecular complexity index is 636. The highest BCUT2D eigenvalue weighted by molar-refractivity contribution is 7.99. The van der Waals surface area contributed by atoms with Crippen LogP contribution in [-0.2, 0) is 16.1 Å². The summed E-state index contributed by atoms with van der Waals surface area (Å²) in [6.07, 6.45) is 2.29. The lowest BCUT2D eigenvalue weighted by molar-refractivity contribution is -0.119. The van der Waals surface area contributed by atoms with Crippen LogP contribution < -0.4 is 5.32 Å². The molecule has 0 saturated carbocycles. The first-order chi connectivity index (χ1) is 11.3. The summed E-state index contributed by atoms with van der Waals surface area (Å²) in [6, 6.07) is 4.03. The van der Waals surface area contributed by atoms with Crippen molar-refractivity contribution in [2.24, 2.45) is 0 Å². The fourth-order valence-corrected chi connectivity index (χ4v) is 4.03. The monoisotopic (exact) mass is 352 g/mol. The van der Waals surface area contributed by atoms with Gasteiger partial charge in [0, 0.05) is 19.7 Å². The third kappa shape index (κ3) is 4.13. The van der Waals surface area contributed by atoms with Gasteiger partial charge in [0.05, 0.1) is 16.7 Å². The molecule has 1 aliphatic heterocycles. The molecule has 1 fully saturated rings. The van der Waals surface area contributed by atoms with Crippen LogP contribution >= 0.6 is 23.1 Å². The predicted octanol–water partition coefficient (Wildman–Crippen LogP) is 2.41. The van der Waals surface area contributed by atoms with Gasteiger partial charge < -0.3 is 14.6 Å². The molecular formula is C15H20N4O2S2. The molecule has 0 bridgehead atoms. The number of hydrogen-bond donors (Lipinski definition) is 1. The minimum atomic E-state index is 0.00817. The fourth-order valence-electron chi connectivity index (χ4n) is 2.48. The smallest absolute Gasteiger partial charge is 0.230 e. The van der Waals surface area contributed by atoms with E-state index >= 15 is 0 Å². The van der Waals surface area contributed by atoms with Crippen molar-refractivity contribution < 1.29 is 9.53 Å². The minimum absolute atomic E-state index is 0.00817. The molecule has 2 aromatic heterocycles. The van der Waals surface area contributed by atoms with Crippen molar-refractivity contribution in [3.05, 3.63) is 17.5 Å². The zero-order valence-electron chi connectivity index (χ0n) is 13.0. The van der Waals surface area contributed by atoms with E-state index in [0.717, 1.165) is 41.9 Å². The van der Waals surface area contributed by atoms with E-state index in [0.29, 0.717) is 12.3 Å². The number of hydrogen-bond acceptors (Lipinski definition) is 6. The second-order valence-electron chi connectivity index (χ2n) is 5.26. The molecule has 0 aliphatic carbocycles. The molecule has 23 heavy (non-hydrogen) atoms. The standard InChI is InChI=1S/C15H20N4O2S2/c1-2-19-14(12-6-4-8-22-12)17-18-15(19)23-10-13(20)16-9-11-5-3-7-21-11/h4,6,8,11H,2-3,5,7,9-10H2,1H3,(H,16,20). The molecule has 3 rings (SSSR count). The SMILES string of the molecule is CCn1c(SCC(=O)NCC2CCCO2)nnc1-c1cccs1. The molecule has 1 atom stereocenters. The Morgan fingerprint density at radius 2 is 2.48 bits per heavy atom. The molecule has 1 unspecified atom stereocenters. The summed E-state index contributed by atoms with van der Waals surface area (Å²) >= 11 is 3.06. The molecule has 3 heterocycles. The van der Waals surface area contributed by atoms with Crippen molar-refractivity contribution in [1.82, 2.24) is 20.1 Å². The van der Waals surface area contributed by atoms with E-state index in [2.05, 4.69) is 22.4 Å². The Morgan fingerprint density at radius 3 is 3.17 bits per heavy atom. The number of carbonyl (C=O) groups is 1. The minimum Gasteiger partial charge on any atom is -0.376 e. The molecule has 0 spiro atoms. The summed E-state index contributed by atoms with van der Waals surface area (Å²) in [5.41, 5.74) is 0. The topological polar surface area (TPSA) is 69.0 Å². The molecule has 1 aliphatic rings. The van der Waals surface area contributed by atoms with Crippen LogP contribution in [0.3, 0.4) is 0 Å². The van der Waals surface area contributed by atoms with Crippen LogP contribution in [0.15, 0.2) is 22.7 Å². The van der Waals surface area contributed by atoms with Crippen molar-refractivity contribution >= 4 is 29.0 Å². The van der Waals surface area contributed by atoms with Gasteiger partial charge in [-0.15, -0.1) is 21.5 Å². The number of aromatic nitrogens is 3. The number of ether oxygens (including phenoxy) is 1. The van der Waals surface area contributed by atoms with Gasteiger partial charge in [0.2, 0.25) is 5.91 Å². The zero-order valence-corrected chi connectivity index (χ0v) is 14.7. The molecule has 0 radical (unpaired) electrons. The van der Waals surface area contributed by atoms with Gasteiger partial charge in [0.1, 0.15) is 0 Å². The van der Waals surface area contributed by atoms with Crippen LogP contribution in [0.5, 0.6) is 0 Å². The summed E-state index contributed by atoms with van der Waals surface area (Å²) in [5, 5.41) is 14.2. The van der Waals surface area contributed by atoms with Gasteiger partial charge >= 0.3 is 0 Å². The number of amides is 1. The first kappa shape index (κ1) is 16.5. The molecule has 1 saturated heterocycles. The maximum atomic E-state index is 12.0. The maximum Gasteiger partial charge on any atom is 0.230 e. The third-order valence-electron chi connectivity index (χ3n) is 3.66. The molecule has 1 N–H and O–H groups in total. The lowest BCUT2D eigenvalue weighted by atomic mass is 10.2. The maximum absolute atomic E-state index is 12.0. The molecule has 0 aromatic carbocycles. The average Bonchev–Trinajstić information content (AvgIpc) is 3.31. The second kappa shape index (κ2) is 7.94. The number of carbonyl (C=O) groups excluding carboxylic acids is 1. The largest absolute Gasteiger partial charge is 0.376 e. The van der Waals surface area contributed by atoms with E-state index in [1.165, 1.54) is 11.8 Å². The number of nitrogens with one attached hydrogen (secondary N) is 1. The zero-order chi connectivity index (χ0) is 16.1. The molecule has 2 aromatic rings. The Labute approximate surface area is 143 Å². The molecular weight excluding hydrogens is 332 g/mol. The number of nitrogens with zero attached hydrogens (tertiary/aromatic N) is 3. The van der Waals surface area contributed by atoms with Gasteiger partial charge in [-0.2, -0.15) is 0 Å². The van der Waals surface area contributed by atoms with Crippen LogP contribution in [0.1, 0.15) is 19.8 Å². The van der Waals surface area contributed by atoms with Gasteiger partial charge in [-0.1, -0.05) is 17.8 Å². The van der Waals surface area contributed by atoms with Gasteiger partial charge in [-0.3, -0.25) is 4.79 Å². The highest BCUT2D eigenvalue weighted by atomic mass is 32.2. The van der Waals surface area contributed by atoms with Crippen molar-refractivity contribution in [2.45, 2.75) is 37.6 Å². The van der Waals surface area contributed by atoms with E-state index in [1.807, 2.05) is 22.1 Å². The van der Waals surface area contributed by atoms with Crippen molar-refractivity contribution in [3.8, 4) is 10.7 Å². The molecule has 6 nitrogen and oxygen atoms in total. The first-order valence-corrected chi connectivity index (χ1v) is 9.62. The normalized spacial score (nSPS) is 17.5. The van der Waals surface area contributed by atoms with Crippen LogP contribution in [0.25, 0.3) is 10.7 Å². The predicted molar refractivity (Wildman–Crippen MR) is 91.7 cm³/mol. The summed E-state index contributed by atoms with van der Waals surface area (Å²) in [7, 11) is 0. The van der Waals surface area contributed by atoms with Gasteiger partial charge in [-0.25, -0.2) is 0 Å². The van der Waals surface area contributed by atoms with E-state index < -0.39 is 0 Å². The Kier molecular flexibility index (Phi) is 5.69. The summed E-state index contributed by atoms with van der Waals surface area (Å²) in [5.74, 6) is 1.22. The summed E-state index contributed by atoms with van der Waals surface area (Å²) in [4.78, 5) is 13.1. The lowest BCUT2D eigenvalue weighted by Crippen LogP contribution is -2.32. The van der Waals surface area contributed by atoms with Crippen molar-refractivity contribution in [3.63, 3.8) is 0 Å². The first-order valence-electron chi connectivity index (χ1n) is 7.76. The highest BCUT2D eigenvalue weighted by Crippen LogP contribution is 2.27. The number of thiophene rings is 1. The van der Waals surface area contributed by atoms with Gasteiger partial charge in [0.25, 0.3) is 0 Å². The fraction of sp³-hybridized carbons (Fsp3) is 0.533. The average molecular weight is 352 g/mol. The van der Waals surface area contributed by atoms with E-state index in [4.69, 9.17) is 4.74 Å². The van der Waals surface area contributed by atoms with E-state index in [1.54, 1.807) is 11.3 Å². The molecule has 1 amide bonds. The van der Waals surface area contributed by atoms with Crippen LogP contribution in [0.2, 0.25) is 0 Å². The quantitative estimate of drug-likeness (QED) is 0.775. The summed E-state index contributed by atoms with van der Waals surface area (Å²) in [6.45, 7) is 4.24. The number of rotatable bonds is 7. The second-order valence-corrected chi connectivity index (χ2v) is 7.15. The highest BCUT2D eigenvalue weighted by Gasteiger charge is 2.18. The van der Waals surface area contributed by atoms with Crippen molar-refractivity contribution in [1.29, 1.82) is 0 Å².